The molecule has 0 radical (unpaired) electrons. The van der Waals surface area contributed by atoms with Crippen molar-refractivity contribution in [3.05, 3.63) is 100 Å². The highest BCUT2D eigenvalue weighted by Gasteiger charge is 2.31. The zero-order valence-electron chi connectivity index (χ0n) is 19.8. The molecule has 1 N–H and O–H groups in total. The zero-order chi connectivity index (χ0) is 24.5. The van der Waals surface area contributed by atoms with Gasteiger partial charge in [0.05, 0.1) is 0 Å². The van der Waals surface area contributed by atoms with Crippen LogP contribution >= 0.6 is 15.9 Å². The van der Waals surface area contributed by atoms with Crippen LogP contribution in [0.1, 0.15) is 30.5 Å². The maximum Gasteiger partial charge on any atom is 0.261 e. The molecule has 0 spiro atoms. The van der Waals surface area contributed by atoms with E-state index in [1.807, 2.05) is 87.5 Å². The smallest absolute Gasteiger partial charge is 0.261 e. The van der Waals surface area contributed by atoms with Gasteiger partial charge in [0.15, 0.2) is 6.61 Å². The third-order valence-corrected chi connectivity index (χ3v) is 5.84. The molecule has 34 heavy (non-hydrogen) atoms. The number of nitrogens with one attached hydrogen (secondary N) is 1. The second-order valence-electron chi connectivity index (χ2n) is 8.62. The van der Waals surface area contributed by atoms with Crippen LogP contribution in [0.2, 0.25) is 0 Å². The monoisotopic (exact) mass is 522 g/mol. The molecule has 0 aliphatic carbocycles. The lowest BCUT2D eigenvalue weighted by Crippen LogP contribution is -2.52. The third-order valence-electron chi connectivity index (χ3n) is 5.31. The topological polar surface area (TPSA) is 58.6 Å². The van der Waals surface area contributed by atoms with Gasteiger partial charge < -0.3 is 15.0 Å². The van der Waals surface area contributed by atoms with Crippen LogP contribution in [0, 0.1) is 6.92 Å². The largest absolute Gasteiger partial charge is 0.484 e. The Labute approximate surface area is 210 Å². The Kier molecular flexibility index (Phi) is 9.28. The molecule has 0 aromatic heterocycles. The Balaban J connectivity index is 1.90. The van der Waals surface area contributed by atoms with Crippen molar-refractivity contribution in [1.82, 2.24) is 10.2 Å². The SMILES string of the molecule is Cc1cccc(CN(C(=O)COc2ccc(Br)cc2)C(Cc2ccccc2)C(=O)NC(C)C)c1. The van der Waals surface area contributed by atoms with E-state index < -0.39 is 6.04 Å². The molecule has 3 rings (SSSR count). The lowest BCUT2D eigenvalue weighted by molar-refractivity contribution is -0.143. The van der Waals surface area contributed by atoms with E-state index in [4.69, 9.17) is 4.74 Å². The number of hydrogen-bond donors (Lipinski definition) is 1. The summed E-state index contributed by atoms with van der Waals surface area (Å²) >= 11 is 3.40. The first-order chi connectivity index (χ1) is 16.3. The number of benzene rings is 3. The first kappa shape index (κ1) is 25.5. The molecule has 5 nitrogen and oxygen atoms in total. The summed E-state index contributed by atoms with van der Waals surface area (Å²) in [6, 6.07) is 24.4. The van der Waals surface area contributed by atoms with Crippen molar-refractivity contribution in [2.75, 3.05) is 6.61 Å². The highest BCUT2D eigenvalue weighted by molar-refractivity contribution is 9.10. The minimum atomic E-state index is -0.675. The van der Waals surface area contributed by atoms with Crippen LogP contribution in [0.15, 0.2) is 83.3 Å². The van der Waals surface area contributed by atoms with Gasteiger partial charge in [-0.1, -0.05) is 76.1 Å². The lowest BCUT2D eigenvalue weighted by Gasteiger charge is -2.32. The number of halogens is 1. The predicted molar refractivity (Wildman–Crippen MR) is 139 cm³/mol. The Bertz CT molecular complexity index is 1080. The fourth-order valence-electron chi connectivity index (χ4n) is 3.70. The quantitative estimate of drug-likeness (QED) is 0.393. The maximum absolute atomic E-state index is 13.5. The van der Waals surface area contributed by atoms with Gasteiger partial charge in [0.25, 0.3) is 5.91 Å². The lowest BCUT2D eigenvalue weighted by atomic mass is 10.0. The van der Waals surface area contributed by atoms with E-state index >= 15 is 0 Å². The normalized spacial score (nSPS) is 11.7. The van der Waals surface area contributed by atoms with Crippen molar-refractivity contribution >= 4 is 27.7 Å². The van der Waals surface area contributed by atoms with Gasteiger partial charge in [-0.05, 0) is 56.2 Å². The molecule has 1 unspecified atom stereocenters. The van der Waals surface area contributed by atoms with Crippen LogP contribution in [-0.2, 0) is 22.6 Å². The summed E-state index contributed by atoms with van der Waals surface area (Å²) in [4.78, 5) is 28.5. The highest BCUT2D eigenvalue weighted by Crippen LogP contribution is 2.19. The van der Waals surface area contributed by atoms with Crippen LogP contribution in [0.4, 0.5) is 0 Å². The van der Waals surface area contributed by atoms with Crippen molar-refractivity contribution in [3.8, 4) is 5.75 Å². The third kappa shape index (κ3) is 7.73. The second kappa shape index (κ2) is 12.4. The molecule has 3 aromatic rings. The summed E-state index contributed by atoms with van der Waals surface area (Å²) in [7, 11) is 0. The summed E-state index contributed by atoms with van der Waals surface area (Å²) in [6.45, 7) is 6.00. The fourth-order valence-corrected chi connectivity index (χ4v) is 3.97. The van der Waals surface area contributed by atoms with Gasteiger partial charge in [0, 0.05) is 23.5 Å². The van der Waals surface area contributed by atoms with Crippen LogP contribution in [-0.4, -0.2) is 35.4 Å². The van der Waals surface area contributed by atoms with Gasteiger partial charge in [-0.15, -0.1) is 0 Å². The minimum absolute atomic E-state index is 0.0410. The standard InChI is InChI=1S/C28H31BrN2O3/c1-20(2)30-28(33)26(17-22-9-5-4-6-10-22)31(18-23-11-7-8-21(3)16-23)27(32)19-34-25-14-12-24(29)13-15-25/h4-16,20,26H,17-19H2,1-3H3,(H,30,33). The zero-order valence-corrected chi connectivity index (χ0v) is 21.4. The molecule has 6 heteroatoms. The van der Waals surface area contributed by atoms with Crippen LogP contribution in [0.3, 0.4) is 0 Å². The van der Waals surface area contributed by atoms with Gasteiger partial charge >= 0.3 is 0 Å². The van der Waals surface area contributed by atoms with Gasteiger partial charge in [0.1, 0.15) is 11.8 Å². The van der Waals surface area contributed by atoms with Crippen molar-refractivity contribution < 1.29 is 14.3 Å². The molecule has 0 aliphatic rings. The maximum atomic E-state index is 13.5. The van der Waals surface area contributed by atoms with Crippen molar-refractivity contribution in [1.29, 1.82) is 0 Å². The first-order valence-corrected chi connectivity index (χ1v) is 12.2. The Hall–Kier alpha value is -3.12. The molecule has 0 saturated heterocycles. The van der Waals surface area contributed by atoms with E-state index in [2.05, 4.69) is 21.2 Å². The van der Waals surface area contributed by atoms with Gasteiger partial charge in [-0.3, -0.25) is 9.59 Å². The average molecular weight is 523 g/mol. The van der Waals surface area contributed by atoms with E-state index in [-0.39, 0.29) is 24.5 Å². The number of aryl methyl sites for hydroxylation is 1. The molecular weight excluding hydrogens is 492 g/mol. The predicted octanol–water partition coefficient (Wildman–Crippen LogP) is 5.30. The second-order valence-corrected chi connectivity index (χ2v) is 9.54. The molecule has 0 saturated carbocycles. The van der Waals surface area contributed by atoms with Crippen LogP contribution in [0.25, 0.3) is 0 Å². The Morgan fingerprint density at radius 2 is 1.62 bits per heavy atom. The number of nitrogens with zero attached hydrogens (tertiary/aromatic N) is 1. The van der Waals surface area contributed by atoms with E-state index in [0.29, 0.717) is 18.7 Å². The number of amides is 2. The molecule has 178 valence electrons. The number of carbonyl (C=O) groups excluding carboxylic acids is 2. The van der Waals surface area contributed by atoms with Crippen LogP contribution in [0.5, 0.6) is 5.75 Å². The number of carbonyl (C=O) groups is 2. The summed E-state index contributed by atoms with van der Waals surface area (Å²) in [5, 5.41) is 3.00. The summed E-state index contributed by atoms with van der Waals surface area (Å²) in [5.41, 5.74) is 3.05. The highest BCUT2D eigenvalue weighted by atomic mass is 79.9. The van der Waals surface area contributed by atoms with E-state index in [1.165, 1.54) is 0 Å². The molecule has 0 fully saturated rings. The molecule has 2 amide bonds. The van der Waals surface area contributed by atoms with Crippen molar-refractivity contribution in [2.24, 2.45) is 0 Å². The molecule has 0 bridgehead atoms. The Morgan fingerprint density at radius 1 is 0.941 bits per heavy atom. The van der Waals surface area contributed by atoms with Crippen LogP contribution < -0.4 is 10.1 Å². The van der Waals surface area contributed by atoms with Gasteiger partial charge in [-0.2, -0.15) is 0 Å². The summed E-state index contributed by atoms with van der Waals surface area (Å²) in [5.74, 6) is 0.172. The molecule has 3 aromatic carbocycles. The summed E-state index contributed by atoms with van der Waals surface area (Å²) in [6.07, 6.45) is 0.412. The minimum Gasteiger partial charge on any atom is -0.484 e. The fraction of sp³-hybridized carbons (Fsp3) is 0.286. The first-order valence-electron chi connectivity index (χ1n) is 11.4. The molecule has 1 atom stereocenters. The number of hydrogen-bond acceptors (Lipinski definition) is 3. The average Bonchev–Trinajstić information content (AvgIpc) is 2.81. The number of ether oxygens (including phenoxy) is 1. The summed E-state index contributed by atoms with van der Waals surface area (Å²) < 4.78 is 6.71. The Morgan fingerprint density at radius 3 is 2.26 bits per heavy atom. The van der Waals surface area contributed by atoms with Gasteiger partial charge in [0.2, 0.25) is 5.91 Å². The van der Waals surface area contributed by atoms with Crippen molar-refractivity contribution in [2.45, 2.75) is 45.8 Å². The molecule has 0 heterocycles. The molecular formula is C28H31BrN2O3. The van der Waals surface area contributed by atoms with Gasteiger partial charge in [-0.25, -0.2) is 0 Å². The van der Waals surface area contributed by atoms with E-state index in [9.17, 15) is 9.59 Å². The van der Waals surface area contributed by atoms with E-state index in [1.54, 1.807) is 17.0 Å². The van der Waals surface area contributed by atoms with Crippen molar-refractivity contribution in [3.63, 3.8) is 0 Å². The van der Waals surface area contributed by atoms with E-state index in [0.717, 1.165) is 21.2 Å². The molecule has 0 aliphatic heterocycles. The number of rotatable bonds is 10.